The topological polar surface area (TPSA) is 183 Å². The molecule has 0 radical (unpaired) electrons. The number of imidazole rings is 1. The van der Waals surface area contributed by atoms with Crippen LogP contribution in [0.2, 0.25) is 10.0 Å². The molecule has 1 aliphatic rings. The molecule has 3 heterocycles. The molecule has 0 spiro atoms. The number of esters is 1. The number of carbonyl (C=O) groups excluding carboxylic acids is 4. The summed E-state index contributed by atoms with van der Waals surface area (Å²) < 4.78 is 19.4. The molecule has 2 aromatic heterocycles. The lowest BCUT2D eigenvalue weighted by Crippen LogP contribution is -2.65. The molecule has 3 N–H and O–H groups in total. The third kappa shape index (κ3) is 13.8. The summed E-state index contributed by atoms with van der Waals surface area (Å²) in [6.45, 7) is 2.95. The Balaban J connectivity index is 1.14. The summed E-state index contributed by atoms with van der Waals surface area (Å²) in [6.07, 6.45) is 4.30. The number of amides is 3. The van der Waals surface area contributed by atoms with Crippen LogP contribution in [0.25, 0.3) is 11.3 Å². The zero-order valence-electron chi connectivity index (χ0n) is 39.3. The highest BCUT2D eigenvalue weighted by atomic mass is 35.5. The van der Waals surface area contributed by atoms with Crippen molar-refractivity contribution in [2.24, 2.45) is 13.0 Å². The first-order chi connectivity index (χ1) is 32.6. The van der Waals surface area contributed by atoms with E-state index in [-0.39, 0.29) is 38.4 Å². The van der Waals surface area contributed by atoms with Crippen LogP contribution in [0.4, 0.5) is 0 Å². The van der Waals surface area contributed by atoms with Crippen molar-refractivity contribution in [3.05, 3.63) is 135 Å². The number of carbonyl (C=O) groups is 4. The number of nitrogens with zero attached hydrogens (tertiary/aromatic N) is 5. The maximum absolute atomic E-state index is 14.4. The van der Waals surface area contributed by atoms with Gasteiger partial charge < -0.3 is 49.7 Å². The molecule has 3 amide bonds. The number of halogens is 2. The quantitative estimate of drug-likeness (QED) is 0.0471. The number of methoxy groups -OCH3 is 2. The van der Waals surface area contributed by atoms with E-state index in [1.54, 1.807) is 54.3 Å². The first-order valence-electron chi connectivity index (χ1n) is 22.4. The van der Waals surface area contributed by atoms with Crippen LogP contribution in [0.3, 0.4) is 0 Å². The SMILES string of the molecule is COCC(NC(=O)C(C)NCc1ccc(Cl)cc1Oc1ccc(-c2cnc(CN(C)C)n2C)cc1)C(=O)N[C@@]1(Cc2ccc(Cl)cc2)CCCN(C(=O)C(CC(=O)OC)Cc2cccc[n+]2[O-])C1. The van der Waals surface area contributed by atoms with Crippen LogP contribution in [0.1, 0.15) is 48.8 Å². The molecule has 3 aromatic carbocycles. The van der Waals surface area contributed by atoms with Crippen molar-refractivity contribution in [2.75, 3.05) is 48.0 Å². The van der Waals surface area contributed by atoms with Gasteiger partial charge in [0.2, 0.25) is 17.7 Å². The number of hydrogen-bond acceptors (Lipinski definition) is 11. The number of aromatic nitrogens is 3. The van der Waals surface area contributed by atoms with Crippen LogP contribution in [0, 0.1) is 11.1 Å². The summed E-state index contributed by atoms with van der Waals surface area (Å²) in [6, 6.07) is 23.2. The third-order valence-corrected chi connectivity index (χ3v) is 12.5. The van der Waals surface area contributed by atoms with E-state index in [1.807, 2.05) is 69.8 Å². The van der Waals surface area contributed by atoms with Crippen molar-refractivity contribution in [3.63, 3.8) is 0 Å². The van der Waals surface area contributed by atoms with Crippen LogP contribution in [-0.2, 0) is 61.6 Å². The molecule has 4 atom stereocenters. The van der Waals surface area contributed by atoms with E-state index >= 15 is 0 Å². The zero-order valence-corrected chi connectivity index (χ0v) is 40.8. The molecule has 362 valence electrons. The van der Waals surface area contributed by atoms with Gasteiger partial charge in [0.1, 0.15) is 23.4 Å². The minimum atomic E-state index is -1.11. The zero-order chi connectivity index (χ0) is 49.0. The van der Waals surface area contributed by atoms with E-state index in [9.17, 15) is 24.4 Å². The van der Waals surface area contributed by atoms with Gasteiger partial charge in [0.25, 0.3) is 0 Å². The number of likely N-dealkylation sites (tertiary alicyclic amines) is 1. The van der Waals surface area contributed by atoms with Crippen molar-refractivity contribution in [1.82, 2.24) is 35.3 Å². The van der Waals surface area contributed by atoms with Gasteiger partial charge in [-0.05, 0) is 94.4 Å². The average Bonchev–Trinajstić information content (AvgIpc) is 3.67. The van der Waals surface area contributed by atoms with Gasteiger partial charge in [-0.25, -0.2) is 4.98 Å². The molecule has 0 aliphatic carbocycles. The molecule has 1 aliphatic heterocycles. The molecular formula is C50H60Cl2N8O8. The van der Waals surface area contributed by atoms with E-state index in [0.717, 1.165) is 28.2 Å². The largest absolute Gasteiger partial charge is 0.619 e. The van der Waals surface area contributed by atoms with Crippen LogP contribution in [0.5, 0.6) is 11.5 Å². The number of hydrogen-bond donors (Lipinski definition) is 3. The summed E-state index contributed by atoms with van der Waals surface area (Å²) in [5, 5.41) is 23.0. The van der Waals surface area contributed by atoms with Gasteiger partial charge in [-0.2, -0.15) is 4.73 Å². The molecule has 3 unspecified atom stereocenters. The predicted octanol–water partition coefficient (Wildman–Crippen LogP) is 5.63. The number of piperidine rings is 1. The second-order valence-electron chi connectivity index (χ2n) is 17.5. The summed E-state index contributed by atoms with van der Waals surface area (Å²) in [7, 11) is 8.69. The fourth-order valence-electron chi connectivity index (χ4n) is 8.35. The van der Waals surface area contributed by atoms with Gasteiger partial charge in [0, 0.05) is 73.5 Å². The lowest BCUT2D eigenvalue weighted by atomic mass is 9.82. The highest BCUT2D eigenvalue weighted by molar-refractivity contribution is 6.31. The number of rotatable bonds is 21. The van der Waals surface area contributed by atoms with Crippen molar-refractivity contribution in [2.45, 2.75) is 69.7 Å². The first kappa shape index (κ1) is 51.4. The fraction of sp³-hybridized carbons (Fsp3) is 0.400. The Kier molecular flexibility index (Phi) is 18.0. The normalized spacial score (nSPS) is 16.2. The standard InChI is InChI=1S/C50H60Cl2N8O8/c1-33(53-28-36-13-18-39(52)26-44(36)68-41-19-14-35(15-20-41)43-29-54-45(58(43)4)30-57(2)3)47(62)55-42(31-66-5)48(63)56-50(27-34-11-16-38(51)17-12-34)21-9-22-59(32-50)49(64)37(25-46(61)67-6)24-40-10-7-8-23-60(40)65/h7-8,10-20,23,26,29,33,37,42,53H,9,21-22,24-25,27-28,30-32H2,1-6H3,(H,55,62)(H,56,63)/t33?,37?,42?,50-/m1/s1. The molecular weight excluding hydrogens is 912 g/mol. The Morgan fingerprint density at radius 1 is 0.971 bits per heavy atom. The summed E-state index contributed by atoms with van der Waals surface area (Å²) in [5.74, 6) is -0.740. The van der Waals surface area contributed by atoms with E-state index in [1.165, 1.54) is 20.4 Å². The minimum Gasteiger partial charge on any atom is -0.619 e. The maximum atomic E-state index is 14.4. The molecule has 16 nitrogen and oxygen atoms in total. The number of pyridine rings is 1. The van der Waals surface area contributed by atoms with E-state index in [2.05, 4.69) is 30.4 Å². The second kappa shape index (κ2) is 23.8. The molecule has 68 heavy (non-hydrogen) atoms. The molecule has 18 heteroatoms. The van der Waals surface area contributed by atoms with Gasteiger partial charge in [-0.3, -0.25) is 19.2 Å². The van der Waals surface area contributed by atoms with Crippen molar-refractivity contribution in [3.8, 4) is 22.8 Å². The van der Waals surface area contributed by atoms with Gasteiger partial charge in [-0.15, -0.1) is 0 Å². The van der Waals surface area contributed by atoms with Crippen LogP contribution < -0.4 is 25.4 Å². The summed E-state index contributed by atoms with van der Waals surface area (Å²) in [4.78, 5) is 63.4. The molecule has 1 fully saturated rings. The van der Waals surface area contributed by atoms with Crippen molar-refractivity contribution >= 4 is 46.9 Å². The Morgan fingerprint density at radius 2 is 1.71 bits per heavy atom. The van der Waals surface area contributed by atoms with Gasteiger partial charge >= 0.3 is 5.97 Å². The molecule has 0 saturated carbocycles. The van der Waals surface area contributed by atoms with Gasteiger partial charge in [-0.1, -0.05) is 47.5 Å². The average molecular weight is 972 g/mol. The number of nitrogens with one attached hydrogen (secondary N) is 3. The van der Waals surface area contributed by atoms with Crippen LogP contribution in [0.15, 0.2) is 97.3 Å². The highest BCUT2D eigenvalue weighted by Gasteiger charge is 2.42. The Hall–Kier alpha value is -6.04. The highest BCUT2D eigenvalue weighted by Crippen LogP contribution is 2.32. The second-order valence-corrected chi connectivity index (χ2v) is 18.4. The van der Waals surface area contributed by atoms with Crippen LogP contribution in [-0.4, -0.2) is 109 Å². The van der Waals surface area contributed by atoms with Crippen molar-refractivity contribution in [1.29, 1.82) is 0 Å². The molecule has 0 bridgehead atoms. The van der Waals surface area contributed by atoms with E-state index in [0.29, 0.717) is 64.3 Å². The number of benzene rings is 3. The lowest BCUT2D eigenvalue weighted by molar-refractivity contribution is -0.614. The summed E-state index contributed by atoms with van der Waals surface area (Å²) >= 11 is 12.7. The minimum absolute atomic E-state index is 0.00541. The number of ether oxygens (including phenoxy) is 3. The van der Waals surface area contributed by atoms with Gasteiger partial charge in [0.15, 0.2) is 11.9 Å². The van der Waals surface area contributed by atoms with E-state index in [4.69, 9.17) is 37.4 Å². The van der Waals surface area contributed by atoms with Gasteiger partial charge in [0.05, 0.1) is 56.1 Å². The molecule has 1 saturated heterocycles. The lowest BCUT2D eigenvalue weighted by Gasteiger charge is -2.45. The van der Waals surface area contributed by atoms with Crippen LogP contribution >= 0.6 is 23.2 Å². The Bertz CT molecular complexity index is 2520. The van der Waals surface area contributed by atoms with Crippen molar-refractivity contribution < 1.29 is 38.1 Å². The monoisotopic (exact) mass is 970 g/mol. The third-order valence-electron chi connectivity index (χ3n) is 12.0. The smallest absolute Gasteiger partial charge is 0.306 e. The fourth-order valence-corrected chi connectivity index (χ4v) is 8.64. The maximum Gasteiger partial charge on any atom is 0.306 e. The first-order valence-corrected chi connectivity index (χ1v) is 23.2. The molecule has 6 rings (SSSR count). The molecule has 5 aromatic rings. The van der Waals surface area contributed by atoms with E-state index < -0.39 is 41.3 Å². The summed E-state index contributed by atoms with van der Waals surface area (Å²) in [5.41, 5.74) is 2.89. The Morgan fingerprint density at radius 3 is 2.40 bits per heavy atom. The predicted molar refractivity (Wildman–Crippen MR) is 259 cm³/mol. The Labute approximate surface area is 407 Å².